The van der Waals surface area contributed by atoms with Crippen LogP contribution in [-0.4, -0.2) is 23.8 Å². The molecule has 0 bridgehead atoms. The van der Waals surface area contributed by atoms with Crippen LogP contribution in [0.4, 0.5) is 0 Å². The van der Waals surface area contributed by atoms with E-state index in [0.29, 0.717) is 6.42 Å². The molecule has 1 N–H and O–H groups in total. The molecule has 0 radical (unpaired) electrons. The minimum Gasteiger partial charge on any atom is -0.497 e. The molecule has 2 atom stereocenters. The quantitative estimate of drug-likeness (QED) is 0.884. The summed E-state index contributed by atoms with van der Waals surface area (Å²) in [5, 5.41) is 18.9. The Kier molecular flexibility index (Phi) is 5.30. The first kappa shape index (κ1) is 15.0. The normalized spacial score (nSPS) is 13.2. The van der Waals surface area contributed by atoms with Crippen molar-refractivity contribution >= 4 is 0 Å². The van der Waals surface area contributed by atoms with E-state index in [2.05, 4.69) is 11.1 Å². The lowest BCUT2D eigenvalue weighted by Crippen LogP contribution is -2.13. The largest absolute Gasteiger partial charge is 0.497 e. The van der Waals surface area contributed by atoms with Gasteiger partial charge in [0.25, 0.3) is 0 Å². The molecule has 0 amide bonds. The average Bonchev–Trinajstić information content (AvgIpc) is 2.56. The highest BCUT2D eigenvalue weighted by molar-refractivity contribution is 5.34. The van der Waals surface area contributed by atoms with Gasteiger partial charge in [0.2, 0.25) is 0 Å². The molecule has 0 aliphatic heterocycles. The summed E-state index contributed by atoms with van der Waals surface area (Å²) < 4.78 is 5.15. The van der Waals surface area contributed by atoms with Gasteiger partial charge in [-0.25, -0.2) is 0 Å². The van der Waals surface area contributed by atoms with E-state index in [1.807, 2.05) is 42.5 Å². The summed E-state index contributed by atoms with van der Waals surface area (Å²) >= 11 is 0. The van der Waals surface area contributed by atoms with Crippen molar-refractivity contribution in [2.75, 3.05) is 13.7 Å². The Morgan fingerprint density at radius 2 is 2.00 bits per heavy atom. The van der Waals surface area contributed by atoms with E-state index >= 15 is 0 Å². The van der Waals surface area contributed by atoms with Crippen LogP contribution in [-0.2, 0) is 0 Å². The zero-order valence-corrected chi connectivity index (χ0v) is 11.9. The minimum absolute atomic E-state index is 0.0295. The third-order valence-electron chi connectivity index (χ3n) is 3.53. The molecule has 0 unspecified atom stereocenters. The van der Waals surface area contributed by atoms with Gasteiger partial charge in [-0.1, -0.05) is 18.2 Å². The van der Waals surface area contributed by atoms with Gasteiger partial charge in [-0.3, -0.25) is 4.98 Å². The van der Waals surface area contributed by atoms with Gasteiger partial charge in [-0.05, 0) is 36.2 Å². The van der Waals surface area contributed by atoms with Gasteiger partial charge in [0.1, 0.15) is 5.75 Å². The zero-order chi connectivity index (χ0) is 15.1. The number of aromatic nitrogens is 1. The summed E-state index contributed by atoms with van der Waals surface area (Å²) in [4.78, 5) is 4.28. The van der Waals surface area contributed by atoms with Gasteiger partial charge in [0.05, 0.1) is 24.8 Å². The molecule has 0 saturated heterocycles. The van der Waals surface area contributed by atoms with Crippen LogP contribution < -0.4 is 4.74 Å². The van der Waals surface area contributed by atoms with Crippen LogP contribution in [0.3, 0.4) is 0 Å². The summed E-state index contributed by atoms with van der Waals surface area (Å²) in [6.07, 6.45) is 2.20. The molecule has 0 saturated carbocycles. The van der Waals surface area contributed by atoms with Crippen LogP contribution in [0.2, 0.25) is 0 Å². The second kappa shape index (κ2) is 7.41. The highest BCUT2D eigenvalue weighted by Gasteiger charge is 2.25. The lowest BCUT2D eigenvalue weighted by Gasteiger charge is -2.21. The fourth-order valence-electron chi connectivity index (χ4n) is 2.44. The third-order valence-corrected chi connectivity index (χ3v) is 3.53. The molecule has 1 aromatic carbocycles. The SMILES string of the molecule is COc1ccc([C@H](CCO)[C@@H](C#N)c2ccccn2)cc1. The van der Waals surface area contributed by atoms with E-state index in [-0.39, 0.29) is 18.4 Å². The number of methoxy groups -OCH3 is 1. The Morgan fingerprint density at radius 3 is 2.52 bits per heavy atom. The number of nitriles is 1. The fourth-order valence-corrected chi connectivity index (χ4v) is 2.44. The standard InChI is InChI=1S/C17H18N2O2/c1-21-14-7-5-13(6-8-14)15(9-11-20)16(12-18)17-4-2-3-10-19-17/h2-8,10,15-16,20H,9,11H2,1H3/t15-,16+/m0/s1. The van der Waals surface area contributed by atoms with Gasteiger partial charge in [0, 0.05) is 18.7 Å². The number of nitrogens with zero attached hydrogens (tertiary/aromatic N) is 2. The molecule has 4 nitrogen and oxygen atoms in total. The van der Waals surface area contributed by atoms with Crippen LogP contribution in [0.25, 0.3) is 0 Å². The molecule has 0 aliphatic carbocycles. The predicted molar refractivity (Wildman–Crippen MR) is 80.0 cm³/mol. The lowest BCUT2D eigenvalue weighted by molar-refractivity contribution is 0.271. The molecule has 2 aromatic rings. The average molecular weight is 282 g/mol. The lowest BCUT2D eigenvalue weighted by atomic mass is 9.82. The first-order chi connectivity index (χ1) is 10.3. The minimum atomic E-state index is -0.383. The molecular weight excluding hydrogens is 264 g/mol. The molecular formula is C17H18N2O2. The molecule has 0 spiro atoms. The topological polar surface area (TPSA) is 66.1 Å². The van der Waals surface area contributed by atoms with Gasteiger partial charge in [-0.15, -0.1) is 0 Å². The van der Waals surface area contributed by atoms with Crippen molar-refractivity contribution in [3.8, 4) is 11.8 Å². The predicted octanol–water partition coefficient (Wildman–Crippen LogP) is 2.86. The van der Waals surface area contributed by atoms with Crippen LogP contribution in [0.5, 0.6) is 5.75 Å². The van der Waals surface area contributed by atoms with Crippen LogP contribution in [0.1, 0.15) is 29.5 Å². The van der Waals surface area contributed by atoms with E-state index in [0.717, 1.165) is 17.0 Å². The van der Waals surface area contributed by atoms with Crippen molar-refractivity contribution in [1.82, 2.24) is 4.98 Å². The Hall–Kier alpha value is -2.38. The fraction of sp³-hybridized carbons (Fsp3) is 0.294. The number of benzene rings is 1. The maximum atomic E-state index is 9.54. The molecule has 0 fully saturated rings. The Morgan fingerprint density at radius 1 is 1.24 bits per heavy atom. The third kappa shape index (κ3) is 3.59. The first-order valence-corrected chi connectivity index (χ1v) is 6.85. The second-order valence-electron chi connectivity index (χ2n) is 4.75. The van der Waals surface area contributed by atoms with Crippen molar-refractivity contribution in [2.45, 2.75) is 18.3 Å². The summed E-state index contributed by atoms with van der Waals surface area (Å²) in [6, 6.07) is 15.5. The van der Waals surface area contributed by atoms with Crippen LogP contribution >= 0.6 is 0 Å². The van der Waals surface area contributed by atoms with Gasteiger partial charge < -0.3 is 9.84 Å². The van der Waals surface area contributed by atoms with E-state index in [1.165, 1.54) is 0 Å². The molecule has 4 heteroatoms. The number of rotatable bonds is 6. The second-order valence-corrected chi connectivity index (χ2v) is 4.75. The smallest absolute Gasteiger partial charge is 0.118 e. The number of hydrogen-bond donors (Lipinski definition) is 1. The molecule has 1 aromatic heterocycles. The number of aliphatic hydroxyl groups is 1. The maximum absolute atomic E-state index is 9.54. The maximum Gasteiger partial charge on any atom is 0.118 e. The Balaban J connectivity index is 2.34. The van der Waals surface area contributed by atoms with Crippen LogP contribution in [0, 0.1) is 11.3 Å². The number of pyridine rings is 1. The molecule has 21 heavy (non-hydrogen) atoms. The van der Waals surface area contributed by atoms with Crippen LogP contribution in [0.15, 0.2) is 48.7 Å². The highest BCUT2D eigenvalue weighted by atomic mass is 16.5. The molecule has 1 heterocycles. The van der Waals surface area contributed by atoms with E-state index in [1.54, 1.807) is 13.3 Å². The number of aliphatic hydroxyl groups excluding tert-OH is 1. The molecule has 108 valence electrons. The summed E-state index contributed by atoms with van der Waals surface area (Å²) in [7, 11) is 1.62. The first-order valence-electron chi connectivity index (χ1n) is 6.85. The van der Waals surface area contributed by atoms with Gasteiger partial charge in [0.15, 0.2) is 0 Å². The molecule has 0 aliphatic rings. The van der Waals surface area contributed by atoms with Crippen molar-refractivity contribution < 1.29 is 9.84 Å². The van der Waals surface area contributed by atoms with Crippen molar-refractivity contribution in [3.05, 3.63) is 59.9 Å². The van der Waals surface area contributed by atoms with Gasteiger partial charge >= 0.3 is 0 Å². The van der Waals surface area contributed by atoms with E-state index in [4.69, 9.17) is 4.74 Å². The highest BCUT2D eigenvalue weighted by Crippen LogP contribution is 2.34. The number of hydrogen-bond acceptors (Lipinski definition) is 4. The van der Waals surface area contributed by atoms with Crippen molar-refractivity contribution in [2.24, 2.45) is 0 Å². The summed E-state index contributed by atoms with van der Waals surface area (Å²) in [5.74, 6) is 0.292. The Labute approximate surface area is 124 Å². The van der Waals surface area contributed by atoms with Crippen molar-refractivity contribution in [3.63, 3.8) is 0 Å². The zero-order valence-electron chi connectivity index (χ0n) is 11.9. The van der Waals surface area contributed by atoms with E-state index < -0.39 is 0 Å². The summed E-state index contributed by atoms with van der Waals surface area (Å²) in [5.41, 5.74) is 1.73. The van der Waals surface area contributed by atoms with Gasteiger partial charge in [-0.2, -0.15) is 5.26 Å². The molecule has 2 rings (SSSR count). The number of ether oxygens (including phenoxy) is 1. The van der Waals surface area contributed by atoms with Crippen molar-refractivity contribution in [1.29, 1.82) is 5.26 Å². The summed E-state index contributed by atoms with van der Waals surface area (Å²) in [6.45, 7) is 0.0295. The monoisotopic (exact) mass is 282 g/mol. The Bertz CT molecular complexity index is 590. The van der Waals surface area contributed by atoms with E-state index in [9.17, 15) is 10.4 Å².